The van der Waals surface area contributed by atoms with Gasteiger partial charge in [0, 0.05) is 17.0 Å². The third-order valence-electron chi connectivity index (χ3n) is 4.08. The molecule has 1 aromatic carbocycles. The lowest BCUT2D eigenvalue weighted by atomic mass is 10.1. The van der Waals surface area contributed by atoms with Crippen molar-refractivity contribution < 1.29 is 4.74 Å². The smallest absolute Gasteiger partial charge is 0.139 e. The molecule has 132 valence electrons. The maximum atomic E-state index is 5.25. The van der Waals surface area contributed by atoms with E-state index in [2.05, 4.69) is 49.8 Å². The van der Waals surface area contributed by atoms with E-state index < -0.39 is 0 Å². The summed E-state index contributed by atoms with van der Waals surface area (Å²) in [5.74, 6) is 1.67. The Hall–Kier alpha value is -3.00. The Balaban J connectivity index is 1.67. The molecule has 0 spiro atoms. The molecule has 0 aliphatic rings. The number of hydrogen-bond acceptors (Lipinski definition) is 7. The molecule has 3 aromatic heterocycles. The summed E-state index contributed by atoms with van der Waals surface area (Å²) in [6.07, 6.45) is 4.85. The first kappa shape index (κ1) is 16.5. The zero-order chi connectivity index (χ0) is 17.9. The molecular weight excluding hydrogens is 348 g/mol. The average molecular weight is 366 g/mol. The number of methoxy groups -OCH3 is 1. The Morgan fingerprint density at radius 1 is 1.19 bits per heavy atom. The third kappa shape index (κ3) is 3.23. The molecule has 8 heteroatoms. The number of nitrogens with zero attached hydrogens (tertiary/aromatic N) is 5. The summed E-state index contributed by atoms with van der Waals surface area (Å²) >= 11 is 1.62. The van der Waals surface area contributed by atoms with Gasteiger partial charge in [0.25, 0.3) is 0 Å². The van der Waals surface area contributed by atoms with Crippen LogP contribution in [0.5, 0.6) is 5.75 Å². The van der Waals surface area contributed by atoms with Crippen molar-refractivity contribution in [3.05, 3.63) is 48.6 Å². The van der Waals surface area contributed by atoms with Crippen LogP contribution in [0.4, 0.5) is 5.82 Å². The number of anilines is 1. The van der Waals surface area contributed by atoms with Gasteiger partial charge in [-0.25, -0.2) is 15.0 Å². The van der Waals surface area contributed by atoms with Gasteiger partial charge in [0.05, 0.1) is 19.0 Å². The molecule has 4 rings (SSSR count). The molecule has 0 radical (unpaired) electrons. The summed E-state index contributed by atoms with van der Waals surface area (Å²) in [6.45, 7) is 2.79. The summed E-state index contributed by atoms with van der Waals surface area (Å²) in [4.78, 5) is 13.8. The largest absolute Gasteiger partial charge is 0.497 e. The fraction of sp³-hybridized carbons (Fsp3) is 0.222. The van der Waals surface area contributed by atoms with Crippen LogP contribution in [0.3, 0.4) is 0 Å². The first-order valence-electron chi connectivity index (χ1n) is 8.20. The van der Waals surface area contributed by atoms with E-state index >= 15 is 0 Å². The van der Waals surface area contributed by atoms with Crippen molar-refractivity contribution in [2.75, 3.05) is 12.4 Å². The average Bonchev–Trinajstić information content (AvgIpc) is 3.32. The minimum Gasteiger partial charge on any atom is -0.497 e. The zero-order valence-corrected chi connectivity index (χ0v) is 15.3. The Kier molecular flexibility index (Phi) is 4.49. The van der Waals surface area contributed by atoms with Gasteiger partial charge in [-0.05, 0) is 24.6 Å². The van der Waals surface area contributed by atoms with Crippen molar-refractivity contribution in [1.82, 2.24) is 24.7 Å². The van der Waals surface area contributed by atoms with Crippen molar-refractivity contribution in [3.63, 3.8) is 0 Å². The van der Waals surface area contributed by atoms with E-state index in [1.165, 1.54) is 6.33 Å². The van der Waals surface area contributed by atoms with E-state index in [9.17, 15) is 0 Å². The highest BCUT2D eigenvalue weighted by Gasteiger charge is 2.15. The topological polar surface area (TPSA) is 77.8 Å². The number of thiophene rings is 1. The van der Waals surface area contributed by atoms with E-state index in [4.69, 9.17) is 4.74 Å². The molecular formula is C18H18N6OS. The number of hydrogen-bond donors (Lipinski definition) is 1. The molecule has 1 N–H and O–H groups in total. The fourth-order valence-electron chi connectivity index (χ4n) is 2.85. The molecule has 26 heavy (non-hydrogen) atoms. The van der Waals surface area contributed by atoms with Crippen LogP contribution in [0.25, 0.3) is 21.3 Å². The second kappa shape index (κ2) is 7.09. The lowest BCUT2D eigenvalue weighted by molar-refractivity contribution is 0.415. The molecule has 0 bridgehead atoms. The summed E-state index contributed by atoms with van der Waals surface area (Å²) in [5, 5.41) is 10.8. The summed E-state index contributed by atoms with van der Waals surface area (Å²) in [7, 11) is 1.67. The zero-order valence-electron chi connectivity index (χ0n) is 14.5. The molecule has 0 amide bonds. The van der Waals surface area contributed by atoms with Crippen molar-refractivity contribution in [2.24, 2.45) is 0 Å². The van der Waals surface area contributed by atoms with Crippen LogP contribution in [0.15, 0.2) is 48.6 Å². The Bertz CT molecular complexity index is 996. The van der Waals surface area contributed by atoms with Gasteiger partial charge in [-0.2, -0.15) is 5.10 Å². The van der Waals surface area contributed by atoms with E-state index in [0.29, 0.717) is 6.54 Å². The summed E-state index contributed by atoms with van der Waals surface area (Å²) in [6, 6.07) is 8.16. The lowest BCUT2D eigenvalue weighted by Gasteiger charge is -2.15. The number of ether oxygens (including phenoxy) is 1. The van der Waals surface area contributed by atoms with Crippen molar-refractivity contribution in [1.29, 1.82) is 0 Å². The Labute approximate surface area is 154 Å². The van der Waals surface area contributed by atoms with Crippen LogP contribution in [-0.2, 0) is 6.54 Å². The van der Waals surface area contributed by atoms with Gasteiger partial charge in [0.1, 0.15) is 35.4 Å². The maximum absolute atomic E-state index is 5.25. The van der Waals surface area contributed by atoms with Gasteiger partial charge in [-0.15, -0.1) is 11.3 Å². The first-order valence-corrected chi connectivity index (χ1v) is 9.08. The standard InChI is InChI=1S/C18H18N6OS/c1-12(7-24-11-19-9-22-24)23-17-16-15(8-26-18(16)21-10-20-17)13-3-5-14(25-2)6-4-13/h3-6,8-12H,7H2,1-2H3,(H,20,21,23). The van der Waals surface area contributed by atoms with Crippen LogP contribution in [-0.4, -0.2) is 37.9 Å². The van der Waals surface area contributed by atoms with Crippen LogP contribution in [0.2, 0.25) is 0 Å². The third-order valence-corrected chi connectivity index (χ3v) is 4.97. The maximum Gasteiger partial charge on any atom is 0.139 e. The van der Waals surface area contributed by atoms with Crippen molar-refractivity contribution >= 4 is 27.4 Å². The molecule has 0 saturated heterocycles. The second-order valence-electron chi connectivity index (χ2n) is 5.94. The van der Waals surface area contributed by atoms with Crippen molar-refractivity contribution in [2.45, 2.75) is 19.5 Å². The van der Waals surface area contributed by atoms with Gasteiger partial charge in [-0.1, -0.05) is 12.1 Å². The van der Waals surface area contributed by atoms with Gasteiger partial charge < -0.3 is 10.1 Å². The van der Waals surface area contributed by atoms with Crippen LogP contribution >= 0.6 is 11.3 Å². The summed E-state index contributed by atoms with van der Waals surface area (Å²) in [5.41, 5.74) is 2.22. The summed E-state index contributed by atoms with van der Waals surface area (Å²) < 4.78 is 7.05. The van der Waals surface area contributed by atoms with Crippen LogP contribution in [0.1, 0.15) is 6.92 Å². The Morgan fingerprint density at radius 3 is 2.77 bits per heavy atom. The van der Waals surface area contributed by atoms with E-state index in [-0.39, 0.29) is 6.04 Å². The Morgan fingerprint density at radius 2 is 2.04 bits per heavy atom. The monoisotopic (exact) mass is 366 g/mol. The lowest BCUT2D eigenvalue weighted by Crippen LogP contribution is -2.23. The molecule has 0 aliphatic heterocycles. The normalized spacial score (nSPS) is 12.2. The predicted molar refractivity (Wildman–Crippen MR) is 103 cm³/mol. The molecule has 0 fully saturated rings. The van der Waals surface area contributed by atoms with Crippen LogP contribution in [0, 0.1) is 0 Å². The quantitative estimate of drug-likeness (QED) is 0.563. The predicted octanol–water partition coefficient (Wildman–Crippen LogP) is 3.46. The van der Waals surface area contributed by atoms with E-state index in [1.54, 1.807) is 35.8 Å². The fourth-order valence-corrected chi connectivity index (χ4v) is 3.77. The number of nitrogens with one attached hydrogen (secondary N) is 1. The van der Waals surface area contributed by atoms with Gasteiger partial charge in [0.2, 0.25) is 0 Å². The second-order valence-corrected chi connectivity index (χ2v) is 6.80. The molecule has 0 aliphatic carbocycles. The number of aromatic nitrogens is 5. The molecule has 7 nitrogen and oxygen atoms in total. The van der Waals surface area contributed by atoms with Gasteiger partial charge in [0.15, 0.2) is 0 Å². The van der Waals surface area contributed by atoms with Crippen LogP contribution < -0.4 is 10.1 Å². The van der Waals surface area contributed by atoms with E-state index in [1.807, 2.05) is 12.1 Å². The number of fused-ring (bicyclic) bond motifs is 1. The number of rotatable bonds is 6. The number of benzene rings is 1. The molecule has 3 heterocycles. The van der Waals surface area contributed by atoms with Crippen molar-refractivity contribution in [3.8, 4) is 16.9 Å². The first-order chi connectivity index (χ1) is 12.7. The minimum absolute atomic E-state index is 0.137. The molecule has 1 unspecified atom stereocenters. The highest BCUT2D eigenvalue weighted by molar-refractivity contribution is 7.17. The minimum atomic E-state index is 0.137. The molecule has 1 atom stereocenters. The van der Waals surface area contributed by atoms with E-state index in [0.717, 1.165) is 32.9 Å². The molecule has 4 aromatic rings. The highest BCUT2D eigenvalue weighted by atomic mass is 32.1. The van der Waals surface area contributed by atoms with Gasteiger partial charge in [-0.3, -0.25) is 4.68 Å². The molecule has 0 saturated carbocycles. The SMILES string of the molecule is COc1ccc(-c2csc3ncnc(NC(C)Cn4cncn4)c23)cc1. The van der Waals surface area contributed by atoms with Gasteiger partial charge >= 0.3 is 0 Å². The highest BCUT2D eigenvalue weighted by Crippen LogP contribution is 2.37.